The maximum atomic E-state index is 13.3. The summed E-state index contributed by atoms with van der Waals surface area (Å²) in [4.78, 5) is 27.2. The minimum absolute atomic E-state index is 0.113. The number of rotatable bonds is 4. The van der Waals surface area contributed by atoms with Gasteiger partial charge in [-0.3, -0.25) is 4.79 Å². The summed E-state index contributed by atoms with van der Waals surface area (Å²) in [5, 5.41) is 14.2. The Hall–Kier alpha value is -2.67. The maximum absolute atomic E-state index is 13.3. The molecule has 2 heterocycles. The van der Waals surface area contributed by atoms with Gasteiger partial charge in [0.1, 0.15) is 5.69 Å². The predicted molar refractivity (Wildman–Crippen MR) is 146 cm³/mol. The van der Waals surface area contributed by atoms with Gasteiger partial charge in [0, 0.05) is 43.6 Å². The largest absolute Gasteiger partial charge is 0.390 e. The minimum atomic E-state index is -0.493. The molecule has 1 aromatic heterocycles. The molecule has 4 saturated carbocycles. The zero-order valence-electron chi connectivity index (χ0n) is 22.7. The Kier molecular flexibility index (Phi) is 5.98. The van der Waals surface area contributed by atoms with Gasteiger partial charge in [0.15, 0.2) is 0 Å². The van der Waals surface area contributed by atoms with Gasteiger partial charge in [-0.15, -0.1) is 0 Å². The van der Waals surface area contributed by atoms with E-state index in [4.69, 9.17) is 4.98 Å². The van der Waals surface area contributed by atoms with E-state index in [1.165, 1.54) is 11.3 Å². The van der Waals surface area contributed by atoms with Gasteiger partial charge in [-0.25, -0.2) is 9.97 Å². The van der Waals surface area contributed by atoms with E-state index >= 15 is 0 Å². The number of nitrogens with one attached hydrogen (secondary N) is 1. The summed E-state index contributed by atoms with van der Waals surface area (Å²) in [6.07, 6.45) is 6.55. The number of aromatic nitrogens is 2. The van der Waals surface area contributed by atoms with Gasteiger partial charge < -0.3 is 20.2 Å². The average molecular weight is 504 g/mol. The first kappa shape index (κ1) is 24.7. The molecule has 2 N–H and O–H groups in total. The number of carbonyl (C=O) groups is 1. The van der Waals surface area contributed by atoms with Crippen molar-refractivity contribution in [3.63, 3.8) is 0 Å². The van der Waals surface area contributed by atoms with E-state index in [1.54, 1.807) is 12.3 Å². The normalized spacial score (nSPS) is 33.1. The first-order valence-electron chi connectivity index (χ1n) is 14.1. The van der Waals surface area contributed by atoms with E-state index in [0.717, 1.165) is 51.7 Å². The zero-order valence-corrected chi connectivity index (χ0v) is 22.7. The summed E-state index contributed by atoms with van der Waals surface area (Å²) >= 11 is 0. The van der Waals surface area contributed by atoms with Crippen molar-refractivity contribution in [3.05, 3.63) is 47.8 Å². The van der Waals surface area contributed by atoms with Crippen molar-refractivity contribution in [1.82, 2.24) is 15.3 Å². The molecule has 7 heteroatoms. The number of carbonyl (C=O) groups excluding carboxylic acids is 1. The summed E-state index contributed by atoms with van der Waals surface area (Å²) in [6, 6.07) is 11.0. The van der Waals surface area contributed by atoms with Gasteiger partial charge in [-0.05, 0) is 86.0 Å². The van der Waals surface area contributed by atoms with Crippen molar-refractivity contribution in [2.45, 2.75) is 82.9 Å². The van der Waals surface area contributed by atoms with Crippen LogP contribution < -0.4 is 15.1 Å². The lowest BCUT2D eigenvalue weighted by atomic mass is 9.52. The second-order valence-corrected chi connectivity index (χ2v) is 13.2. The van der Waals surface area contributed by atoms with Crippen LogP contribution in [0.5, 0.6) is 0 Å². The highest BCUT2D eigenvalue weighted by Crippen LogP contribution is 2.55. The maximum Gasteiger partial charge on any atom is 0.270 e. The fourth-order valence-electron chi connectivity index (χ4n) is 7.72. The van der Waals surface area contributed by atoms with Crippen molar-refractivity contribution in [3.8, 4) is 0 Å². The third-order valence-corrected chi connectivity index (χ3v) is 9.40. The predicted octanol–water partition coefficient (Wildman–Crippen LogP) is 4.16. The number of hydrogen-bond donors (Lipinski definition) is 2. The SMILES string of the molecule is CC1CN(c2ccc(C(C)(C)C)cc2)CCN1c1nccc(C(=O)NC2C3CC4CC2CC(O)(C4)C3)n1. The standard InChI is InChI=1S/C30H41N5O2/c1-19-18-34(24-7-5-23(6-8-24)29(2,3)4)11-12-35(19)28-31-10-9-25(32-28)27(36)33-26-21-13-20-14-22(26)17-30(37,15-20)16-21/h5-10,19-22,26,37H,11-18H2,1-4H3,(H,33,36). The smallest absolute Gasteiger partial charge is 0.270 e. The van der Waals surface area contributed by atoms with Crippen LogP contribution in [0, 0.1) is 17.8 Å². The summed E-state index contributed by atoms with van der Waals surface area (Å²) in [7, 11) is 0. The molecular formula is C30H41N5O2. The lowest BCUT2D eigenvalue weighted by Gasteiger charge is -2.58. The van der Waals surface area contributed by atoms with Gasteiger partial charge in [0.25, 0.3) is 5.91 Å². The van der Waals surface area contributed by atoms with Gasteiger partial charge in [0.05, 0.1) is 5.60 Å². The first-order chi connectivity index (χ1) is 17.6. The number of piperazine rings is 1. The minimum Gasteiger partial charge on any atom is -0.390 e. The molecule has 1 aliphatic heterocycles. The second kappa shape index (κ2) is 8.97. The van der Waals surface area contributed by atoms with Crippen molar-refractivity contribution >= 4 is 17.5 Å². The number of benzene rings is 1. The Bertz CT molecular complexity index is 1140. The quantitative estimate of drug-likeness (QED) is 0.652. The van der Waals surface area contributed by atoms with Crippen LogP contribution in [0.4, 0.5) is 11.6 Å². The molecule has 0 spiro atoms. The zero-order chi connectivity index (χ0) is 25.9. The number of amides is 1. The van der Waals surface area contributed by atoms with Gasteiger partial charge >= 0.3 is 0 Å². The van der Waals surface area contributed by atoms with E-state index in [2.05, 4.69) is 72.1 Å². The molecule has 4 bridgehead atoms. The Morgan fingerprint density at radius 1 is 1.05 bits per heavy atom. The first-order valence-corrected chi connectivity index (χ1v) is 14.1. The van der Waals surface area contributed by atoms with Crippen LogP contribution in [0.1, 0.15) is 75.9 Å². The highest BCUT2D eigenvalue weighted by Gasteiger charge is 2.55. The fraction of sp³-hybridized carbons (Fsp3) is 0.633. The van der Waals surface area contributed by atoms with Gasteiger partial charge in [0.2, 0.25) is 5.95 Å². The molecule has 7 rings (SSSR count). The summed E-state index contributed by atoms with van der Waals surface area (Å²) < 4.78 is 0. The topological polar surface area (TPSA) is 81.6 Å². The average Bonchev–Trinajstić information content (AvgIpc) is 2.85. The van der Waals surface area contributed by atoms with Crippen molar-refractivity contribution in [1.29, 1.82) is 0 Å². The summed E-state index contributed by atoms with van der Waals surface area (Å²) in [6.45, 7) is 11.5. The molecule has 7 nitrogen and oxygen atoms in total. The molecule has 4 aliphatic carbocycles. The van der Waals surface area contributed by atoms with E-state index in [0.29, 0.717) is 29.4 Å². The number of nitrogens with zero attached hydrogens (tertiary/aromatic N) is 4. The highest BCUT2D eigenvalue weighted by molar-refractivity contribution is 5.92. The molecule has 5 aliphatic rings. The second-order valence-electron chi connectivity index (χ2n) is 13.2. The molecular weight excluding hydrogens is 462 g/mol. The van der Waals surface area contributed by atoms with Crippen molar-refractivity contribution in [2.24, 2.45) is 17.8 Å². The van der Waals surface area contributed by atoms with Crippen molar-refractivity contribution in [2.75, 3.05) is 29.4 Å². The molecule has 1 amide bonds. The number of anilines is 2. The molecule has 37 heavy (non-hydrogen) atoms. The summed E-state index contributed by atoms with van der Waals surface area (Å²) in [5.41, 5.74) is 2.68. The molecule has 198 valence electrons. The van der Waals surface area contributed by atoms with E-state index in [1.807, 2.05) is 0 Å². The van der Waals surface area contributed by atoms with Gasteiger partial charge in [-0.2, -0.15) is 0 Å². The van der Waals surface area contributed by atoms with Crippen LogP contribution in [0.3, 0.4) is 0 Å². The third-order valence-electron chi connectivity index (χ3n) is 9.40. The molecule has 1 saturated heterocycles. The number of hydrogen-bond acceptors (Lipinski definition) is 6. The Morgan fingerprint density at radius 2 is 1.76 bits per heavy atom. The van der Waals surface area contributed by atoms with E-state index in [9.17, 15) is 9.90 Å². The lowest BCUT2D eigenvalue weighted by Crippen LogP contribution is -2.61. The lowest BCUT2D eigenvalue weighted by molar-refractivity contribution is -0.136. The Balaban J connectivity index is 1.11. The Labute approximate surface area is 220 Å². The molecule has 3 atom stereocenters. The van der Waals surface area contributed by atoms with Crippen LogP contribution in [-0.2, 0) is 5.41 Å². The van der Waals surface area contributed by atoms with E-state index < -0.39 is 5.60 Å². The molecule has 2 aromatic rings. The van der Waals surface area contributed by atoms with E-state index in [-0.39, 0.29) is 23.4 Å². The third kappa shape index (κ3) is 4.71. The van der Waals surface area contributed by atoms with Crippen LogP contribution >= 0.6 is 0 Å². The molecule has 0 radical (unpaired) electrons. The Morgan fingerprint density at radius 3 is 2.38 bits per heavy atom. The molecule has 5 fully saturated rings. The fourth-order valence-corrected chi connectivity index (χ4v) is 7.72. The van der Waals surface area contributed by atoms with Crippen LogP contribution in [0.2, 0.25) is 0 Å². The highest BCUT2D eigenvalue weighted by atomic mass is 16.3. The van der Waals surface area contributed by atoms with Crippen LogP contribution in [-0.4, -0.2) is 58.3 Å². The summed E-state index contributed by atoms with van der Waals surface area (Å²) in [5.74, 6) is 1.90. The number of aliphatic hydroxyl groups is 1. The monoisotopic (exact) mass is 503 g/mol. The van der Waals surface area contributed by atoms with Crippen LogP contribution in [0.15, 0.2) is 36.5 Å². The molecule has 1 aromatic carbocycles. The van der Waals surface area contributed by atoms with Crippen LogP contribution in [0.25, 0.3) is 0 Å². The van der Waals surface area contributed by atoms with Gasteiger partial charge in [-0.1, -0.05) is 32.9 Å². The van der Waals surface area contributed by atoms with Crippen molar-refractivity contribution < 1.29 is 9.90 Å². The molecule has 3 unspecified atom stereocenters.